The van der Waals surface area contributed by atoms with Crippen LogP contribution in [0.25, 0.3) is 0 Å². The van der Waals surface area contributed by atoms with Crippen molar-refractivity contribution in [3.05, 3.63) is 17.8 Å². The van der Waals surface area contributed by atoms with E-state index in [9.17, 15) is 0 Å². The van der Waals surface area contributed by atoms with Crippen LogP contribution in [0.5, 0.6) is 0 Å². The van der Waals surface area contributed by atoms with E-state index in [-0.39, 0.29) is 0 Å². The zero-order valence-electron chi connectivity index (χ0n) is 8.81. The van der Waals surface area contributed by atoms with Gasteiger partial charge in [-0.1, -0.05) is 0 Å². The SMILES string of the molecule is N#Cc1cnc2c(c1)SNC[C@H]1CCCN21. The summed E-state index contributed by atoms with van der Waals surface area (Å²) in [6.45, 7) is 2.07. The highest BCUT2D eigenvalue weighted by molar-refractivity contribution is 7.97. The molecule has 3 rings (SSSR count). The molecule has 2 aliphatic rings. The molecule has 4 nitrogen and oxygen atoms in total. The summed E-state index contributed by atoms with van der Waals surface area (Å²) in [5.74, 6) is 1.04. The molecule has 0 unspecified atom stereocenters. The van der Waals surface area contributed by atoms with Crippen molar-refractivity contribution < 1.29 is 0 Å². The summed E-state index contributed by atoms with van der Waals surface area (Å²) in [5.41, 5.74) is 0.630. The second-order valence-corrected chi connectivity index (χ2v) is 5.03. The van der Waals surface area contributed by atoms with Crippen LogP contribution in [-0.2, 0) is 0 Å². The number of anilines is 1. The fourth-order valence-corrected chi connectivity index (χ4v) is 3.21. The maximum absolute atomic E-state index is 8.86. The lowest BCUT2D eigenvalue weighted by Crippen LogP contribution is -2.34. The van der Waals surface area contributed by atoms with Gasteiger partial charge >= 0.3 is 0 Å². The molecule has 1 aromatic heterocycles. The second kappa shape index (κ2) is 3.96. The molecule has 0 aromatic carbocycles. The van der Waals surface area contributed by atoms with Gasteiger partial charge in [0, 0.05) is 25.3 Å². The van der Waals surface area contributed by atoms with Crippen LogP contribution in [0.2, 0.25) is 0 Å². The summed E-state index contributed by atoms with van der Waals surface area (Å²) >= 11 is 1.59. The normalized spacial score (nSPS) is 23.2. The highest BCUT2D eigenvalue weighted by Gasteiger charge is 2.29. The molecule has 2 aliphatic heterocycles. The predicted molar refractivity (Wildman–Crippen MR) is 63.2 cm³/mol. The van der Waals surface area contributed by atoms with Gasteiger partial charge in [-0.3, -0.25) is 4.72 Å². The average Bonchev–Trinajstić information content (AvgIpc) is 2.71. The molecule has 3 heterocycles. The highest BCUT2D eigenvalue weighted by Crippen LogP contribution is 2.34. The molecule has 0 aliphatic carbocycles. The lowest BCUT2D eigenvalue weighted by atomic mass is 10.2. The number of nitrogens with zero attached hydrogens (tertiary/aromatic N) is 3. The van der Waals surface area contributed by atoms with Gasteiger partial charge in [-0.25, -0.2) is 4.98 Å². The van der Waals surface area contributed by atoms with Crippen molar-refractivity contribution in [3.8, 4) is 6.07 Å². The quantitative estimate of drug-likeness (QED) is 0.687. The molecular formula is C11H12N4S. The number of hydrogen-bond donors (Lipinski definition) is 1. The summed E-state index contributed by atoms with van der Waals surface area (Å²) < 4.78 is 3.35. The minimum atomic E-state index is 0.564. The van der Waals surface area contributed by atoms with E-state index in [1.807, 2.05) is 6.07 Å². The molecule has 1 saturated heterocycles. The summed E-state index contributed by atoms with van der Waals surface area (Å²) in [4.78, 5) is 7.87. The van der Waals surface area contributed by atoms with Gasteiger partial charge in [0.2, 0.25) is 0 Å². The summed E-state index contributed by atoms with van der Waals surface area (Å²) in [6, 6.07) is 4.62. The molecule has 1 fully saturated rings. The maximum Gasteiger partial charge on any atom is 0.143 e. The maximum atomic E-state index is 8.86. The van der Waals surface area contributed by atoms with Crippen molar-refractivity contribution in [3.63, 3.8) is 0 Å². The predicted octanol–water partition coefficient (Wildman–Crippen LogP) is 1.53. The van der Waals surface area contributed by atoms with Crippen LogP contribution in [-0.4, -0.2) is 24.1 Å². The Morgan fingerprint density at radius 3 is 3.44 bits per heavy atom. The van der Waals surface area contributed by atoms with Crippen molar-refractivity contribution in [2.24, 2.45) is 0 Å². The van der Waals surface area contributed by atoms with Crippen LogP contribution in [0.15, 0.2) is 17.2 Å². The van der Waals surface area contributed by atoms with Crippen LogP contribution in [0.1, 0.15) is 18.4 Å². The summed E-state index contributed by atoms with van der Waals surface area (Å²) in [5, 5.41) is 8.86. The Morgan fingerprint density at radius 2 is 2.56 bits per heavy atom. The van der Waals surface area contributed by atoms with E-state index in [4.69, 9.17) is 5.26 Å². The lowest BCUT2D eigenvalue weighted by molar-refractivity contribution is 0.655. The van der Waals surface area contributed by atoms with Gasteiger partial charge in [0.15, 0.2) is 0 Å². The van der Waals surface area contributed by atoms with Gasteiger partial charge < -0.3 is 4.90 Å². The standard InChI is InChI=1S/C11H12N4S/c12-5-8-4-10-11(13-6-8)15-3-1-2-9(15)7-14-16-10/h4,6,9,14H,1-3,7H2/t9-/m1/s1. The molecule has 16 heavy (non-hydrogen) atoms. The monoisotopic (exact) mass is 232 g/mol. The average molecular weight is 232 g/mol. The number of nitrogens with one attached hydrogen (secondary N) is 1. The van der Waals surface area contributed by atoms with Crippen molar-refractivity contribution >= 4 is 17.8 Å². The molecule has 0 amide bonds. The van der Waals surface area contributed by atoms with E-state index in [1.54, 1.807) is 18.1 Å². The minimum Gasteiger partial charge on any atom is -0.351 e. The summed E-state index contributed by atoms with van der Waals surface area (Å²) in [7, 11) is 0. The lowest BCUT2D eigenvalue weighted by Gasteiger charge is -2.23. The third kappa shape index (κ3) is 1.55. The van der Waals surface area contributed by atoms with Crippen LogP contribution in [0.4, 0.5) is 5.82 Å². The third-order valence-electron chi connectivity index (χ3n) is 3.11. The number of nitriles is 1. The van der Waals surface area contributed by atoms with Crippen molar-refractivity contribution in [1.29, 1.82) is 5.26 Å². The largest absolute Gasteiger partial charge is 0.351 e. The molecule has 0 radical (unpaired) electrons. The fourth-order valence-electron chi connectivity index (χ4n) is 2.33. The highest BCUT2D eigenvalue weighted by atomic mass is 32.2. The zero-order valence-corrected chi connectivity index (χ0v) is 9.63. The van der Waals surface area contributed by atoms with E-state index >= 15 is 0 Å². The van der Waals surface area contributed by atoms with E-state index < -0.39 is 0 Å². The molecule has 1 N–H and O–H groups in total. The van der Waals surface area contributed by atoms with Crippen LogP contribution >= 0.6 is 11.9 Å². The number of aromatic nitrogens is 1. The Bertz CT molecular complexity index is 454. The number of hydrogen-bond acceptors (Lipinski definition) is 5. The number of pyridine rings is 1. The van der Waals surface area contributed by atoms with Gasteiger partial charge in [-0.15, -0.1) is 0 Å². The van der Waals surface area contributed by atoms with Gasteiger partial charge in [-0.05, 0) is 30.9 Å². The molecular weight excluding hydrogens is 220 g/mol. The molecule has 0 bridgehead atoms. The second-order valence-electron chi connectivity index (χ2n) is 4.10. The van der Waals surface area contributed by atoms with E-state index in [0.29, 0.717) is 11.6 Å². The topological polar surface area (TPSA) is 52.0 Å². The molecule has 5 heteroatoms. The Balaban J connectivity index is 2.05. The molecule has 1 atom stereocenters. The minimum absolute atomic E-state index is 0.564. The molecule has 1 aromatic rings. The van der Waals surface area contributed by atoms with Crippen molar-refractivity contribution in [2.75, 3.05) is 18.0 Å². The first-order valence-electron chi connectivity index (χ1n) is 5.45. The Labute approximate surface area is 98.8 Å². The van der Waals surface area contributed by atoms with E-state index in [0.717, 1.165) is 23.8 Å². The first-order chi connectivity index (χ1) is 7.88. The zero-order chi connectivity index (χ0) is 11.0. The third-order valence-corrected chi connectivity index (χ3v) is 3.94. The van der Waals surface area contributed by atoms with Gasteiger partial charge in [0.25, 0.3) is 0 Å². The molecule has 82 valence electrons. The van der Waals surface area contributed by atoms with Gasteiger partial charge in [0.1, 0.15) is 11.9 Å². The Morgan fingerprint density at radius 1 is 1.62 bits per heavy atom. The Kier molecular flexibility index (Phi) is 2.46. The summed E-state index contributed by atoms with van der Waals surface area (Å²) in [6.07, 6.45) is 4.13. The number of rotatable bonds is 0. The van der Waals surface area contributed by atoms with Crippen molar-refractivity contribution in [2.45, 2.75) is 23.8 Å². The van der Waals surface area contributed by atoms with E-state index in [2.05, 4.69) is 20.7 Å². The van der Waals surface area contributed by atoms with Gasteiger partial charge in [-0.2, -0.15) is 5.26 Å². The first-order valence-corrected chi connectivity index (χ1v) is 6.26. The number of fused-ring (bicyclic) bond motifs is 3. The van der Waals surface area contributed by atoms with Gasteiger partial charge in [0.05, 0.1) is 10.5 Å². The van der Waals surface area contributed by atoms with Crippen LogP contribution in [0, 0.1) is 11.3 Å². The van der Waals surface area contributed by atoms with Crippen molar-refractivity contribution in [1.82, 2.24) is 9.71 Å². The van der Waals surface area contributed by atoms with E-state index in [1.165, 1.54) is 12.8 Å². The molecule has 0 spiro atoms. The smallest absolute Gasteiger partial charge is 0.143 e. The van der Waals surface area contributed by atoms with Crippen LogP contribution in [0.3, 0.4) is 0 Å². The fraction of sp³-hybridized carbons (Fsp3) is 0.455. The molecule has 0 saturated carbocycles. The Hall–Kier alpha value is -1.25. The van der Waals surface area contributed by atoms with Crippen LogP contribution < -0.4 is 9.62 Å². The first kappa shape index (κ1) is 9.94.